The van der Waals surface area contributed by atoms with Crippen molar-refractivity contribution < 1.29 is 14.0 Å². The van der Waals surface area contributed by atoms with E-state index in [1.807, 2.05) is 37.3 Å². The number of thioether (sulfide) groups is 1. The molecule has 2 aromatic carbocycles. The van der Waals surface area contributed by atoms with E-state index in [-0.39, 0.29) is 23.5 Å². The molecule has 0 spiro atoms. The lowest BCUT2D eigenvalue weighted by Crippen LogP contribution is -2.40. The summed E-state index contributed by atoms with van der Waals surface area (Å²) in [5.74, 6) is -0.738. The van der Waals surface area contributed by atoms with Gasteiger partial charge in [0.1, 0.15) is 5.82 Å². The predicted octanol–water partition coefficient (Wildman–Crippen LogP) is 2.91. The van der Waals surface area contributed by atoms with Crippen LogP contribution in [-0.4, -0.2) is 23.6 Å². The third-order valence-electron chi connectivity index (χ3n) is 4.03. The first-order valence-corrected chi connectivity index (χ1v) is 9.47. The highest BCUT2D eigenvalue weighted by atomic mass is 32.2. The molecule has 4 nitrogen and oxygen atoms in total. The highest BCUT2D eigenvalue weighted by molar-refractivity contribution is 7.99. The number of benzene rings is 2. The smallest absolute Gasteiger partial charge is 0.232 e. The number of halogens is 1. The molecular formula is C20H23FN2O2S. The minimum Gasteiger partial charge on any atom is -0.369 e. The molecule has 0 fully saturated rings. The van der Waals surface area contributed by atoms with Crippen LogP contribution in [-0.2, 0) is 21.8 Å². The van der Waals surface area contributed by atoms with Crippen molar-refractivity contribution in [2.24, 2.45) is 11.7 Å². The first-order valence-electron chi connectivity index (χ1n) is 8.42. The summed E-state index contributed by atoms with van der Waals surface area (Å²) < 4.78 is 13.0. The Hall–Kier alpha value is -2.34. The summed E-state index contributed by atoms with van der Waals surface area (Å²) >= 11 is 1.53. The lowest BCUT2D eigenvalue weighted by Gasteiger charge is -2.17. The lowest BCUT2D eigenvalue weighted by atomic mass is 9.98. The van der Waals surface area contributed by atoms with Gasteiger partial charge in [-0.05, 0) is 36.6 Å². The molecule has 0 radical (unpaired) electrons. The van der Waals surface area contributed by atoms with Crippen molar-refractivity contribution in [3.05, 3.63) is 71.5 Å². The van der Waals surface area contributed by atoms with Crippen LogP contribution in [0.5, 0.6) is 0 Å². The highest BCUT2D eigenvalue weighted by Gasteiger charge is 2.19. The zero-order valence-corrected chi connectivity index (χ0v) is 15.5. The number of nitrogens with two attached hydrogens (primary N) is 1. The Labute approximate surface area is 157 Å². The van der Waals surface area contributed by atoms with Crippen LogP contribution >= 0.6 is 11.8 Å². The van der Waals surface area contributed by atoms with E-state index in [2.05, 4.69) is 5.32 Å². The molecule has 2 amide bonds. The quantitative estimate of drug-likeness (QED) is 0.709. The van der Waals surface area contributed by atoms with Crippen molar-refractivity contribution in [2.75, 3.05) is 6.54 Å². The minimum atomic E-state index is -0.532. The molecule has 0 bridgehead atoms. The van der Waals surface area contributed by atoms with Gasteiger partial charge in [0, 0.05) is 12.3 Å². The van der Waals surface area contributed by atoms with Crippen LogP contribution in [0, 0.1) is 11.7 Å². The summed E-state index contributed by atoms with van der Waals surface area (Å²) in [5.41, 5.74) is 7.40. The molecule has 2 aromatic rings. The molecule has 0 aliphatic carbocycles. The molecule has 3 N–H and O–H groups in total. The van der Waals surface area contributed by atoms with Crippen molar-refractivity contribution in [1.29, 1.82) is 0 Å². The standard InChI is InChI=1S/C20H23FN2O2S/c1-14(26-13-16-5-3-2-4-6-16)20(25)23-12-17(19(22)24)11-15-7-9-18(21)10-8-15/h2-10,14,17H,11-13H2,1H3,(H2,22,24)(H,23,25). The second kappa shape index (κ2) is 9.97. The summed E-state index contributed by atoms with van der Waals surface area (Å²) in [5, 5.41) is 2.56. The largest absolute Gasteiger partial charge is 0.369 e. The monoisotopic (exact) mass is 374 g/mol. The van der Waals surface area contributed by atoms with Gasteiger partial charge in [0.2, 0.25) is 11.8 Å². The number of primary amides is 1. The Morgan fingerprint density at radius 3 is 2.35 bits per heavy atom. The molecule has 2 rings (SSSR count). The lowest BCUT2D eigenvalue weighted by molar-refractivity contribution is -0.123. The van der Waals surface area contributed by atoms with E-state index in [0.29, 0.717) is 6.42 Å². The molecule has 0 aliphatic rings. The number of nitrogens with one attached hydrogen (secondary N) is 1. The van der Waals surface area contributed by atoms with Gasteiger partial charge in [-0.1, -0.05) is 42.5 Å². The van der Waals surface area contributed by atoms with Crippen molar-refractivity contribution in [3.8, 4) is 0 Å². The third kappa shape index (κ3) is 6.52. The number of carbonyl (C=O) groups excluding carboxylic acids is 2. The van der Waals surface area contributed by atoms with Crippen LogP contribution < -0.4 is 11.1 Å². The molecule has 26 heavy (non-hydrogen) atoms. The van der Waals surface area contributed by atoms with Gasteiger partial charge in [-0.3, -0.25) is 9.59 Å². The molecule has 0 heterocycles. The number of amides is 2. The van der Waals surface area contributed by atoms with Crippen LogP contribution in [0.1, 0.15) is 18.1 Å². The summed E-state index contributed by atoms with van der Waals surface area (Å²) in [6, 6.07) is 15.8. The van der Waals surface area contributed by atoms with Gasteiger partial charge < -0.3 is 11.1 Å². The predicted molar refractivity (Wildman–Crippen MR) is 103 cm³/mol. The first-order chi connectivity index (χ1) is 12.5. The zero-order valence-electron chi connectivity index (χ0n) is 14.7. The average Bonchev–Trinajstić information content (AvgIpc) is 2.65. The van der Waals surface area contributed by atoms with Gasteiger partial charge >= 0.3 is 0 Å². The summed E-state index contributed by atoms with van der Waals surface area (Å²) in [6.45, 7) is 2.00. The molecule has 0 aromatic heterocycles. The Morgan fingerprint density at radius 2 is 1.73 bits per heavy atom. The molecule has 0 saturated carbocycles. The van der Waals surface area contributed by atoms with Gasteiger partial charge in [-0.2, -0.15) is 0 Å². The molecule has 2 atom stereocenters. The first kappa shape index (κ1) is 20.0. The van der Waals surface area contributed by atoms with Gasteiger partial charge in [-0.15, -0.1) is 11.8 Å². The van der Waals surface area contributed by atoms with Gasteiger partial charge in [0.05, 0.1) is 11.2 Å². The van der Waals surface area contributed by atoms with Gasteiger partial charge in [0.15, 0.2) is 0 Å². The zero-order chi connectivity index (χ0) is 18.9. The number of carbonyl (C=O) groups is 2. The van der Waals surface area contributed by atoms with Crippen LogP contribution in [0.15, 0.2) is 54.6 Å². The van der Waals surface area contributed by atoms with Crippen molar-refractivity contribution in [1.82, 2.24) is 5.32 Å². The second-order valence-electron chi connectivity index (χ2n) is 6.11. The van der Waals surface area contributed by atoms with Gasteiger partial charge in [-0.25, -0.2) is 4.39 Å². The fourth-order valence-corrected chi connectivity index (χ4v) is 3.29. The van der Waals surface area contributed by atoms with Crippen molar-refractivity contribution >= 4 is 23.6 Å². The summed E-state index contributed by atoms with van der Waals surface area (Å²) in [6.07, 6.45) is 0.363. The van der Waals surface area contributed by atoms with Crippen LogP contribution in [0.2, 0.25) is 0 Å². The van der Waals surface area contributed by atoms with E-state index in [4.69, 9.17) is 5.73 Å². The minimum absolute atomic E-state index is 0.128. The Morgan fingerprint density at radius 1 is 1.08 bits per heavy atom. The van der Waals surface area contributed by atoms with Crippen LogP contribution in [0.4, 0.5) is 4.39 Å². The van der Waals surface area contributed by atoms with E-state index < -0.39 is 11.8 Å². The maximum Gasteiger partial charge on any atom is 0.232 e. The van der Waals surface area contributed by atoms with Crippen molar-refractivity contribution in [3.63, 3.8) is 0 Å². The van der Waals surface area contributed by atoms with Gasteiger partial charge in [0.25, 0.3) is 0 Å². The fraction of sp³-hybridized carbons (Fsp3) is 0.300. The molecular weight excluding hydrogens is 351 g/mol. The van der Waals surface area contributed by atoms with E-state index in [1.54, 1.807) is 12.1 Å². The Kier molecular flexibility index (Phi) is 7.66. The van der Waals surface area contributed by atoms with E-state index in [0.717, 1.165) is 16.9 Å². The summed E-state index contributed by atoms with van der Waals surface area (Å²) in [7, 11) is 0. The molecule has 2 unspecified atom stereocenters. The maximum atomic E-state index is 13.0. The highest BCUT2D eigenvalue weighted by Crippen LogP contribution is 2.18. The second-order valence-corrected chi connectivity index (χ2v) is 7.44. The Balaban J connectivity index is 1.82. The van der Waals surface area contributed by atoms with Crippen LogP contribution in [0.25, 0.3) is 0 Å². The average molecular weight is 374 g/mol. The maximum absolute atomic E-state index is 13.0. The number of hydrogen-bond donors (Lipinski definition) is 2. The SMILES string of the molecule is CC(SCc1ccccc1)C(=O)NCC(Cc1ccc(F)cc1)C(N)=O. The number of rotatable bonds is 9. The fourth-order valence-electron chi connectivity index (χ4n) is 2.42. The third-order valence-corrected chi connectivity index (χ3v) is 5.25. The summed E-state index contributed by atoms with van der Waals surface area (Å²) in [4.78, 5) is 23.9. The van der Waals surface area contributed by atoms with E-state index in [1.165, 1.54) is 23.9 Å². The molecule has 6 heteroatoms. The normalized spacial score (nSPS) is 13.0. The van der Waals surface area contributed by atoms with Crippen molar-refractivity contribution in [2.45, 2.75) is 24.3 Å². The Bertz CT molecular complexity index is 722. The molecule has 138 valence electrons. The number of hydrogen-bond acceptors (Lipinski definition) is 3. The van der Waals surface area contributed by atoms with E-state index in [9.17, 15) is 14.0 Å². The van der Waals surface area contributed by atoms with Crippen LogP contribution in [0.3, 0.4) is 0 Å². The molecule has 0 saturated heterocycles. The topological polar surface area (TPSA) is 72.2 Å². The molecule has 0 aliphatic heterocycles. The van der Waals surface area contributed by atoms with E-state index >= 15 is 0 Å².